The van der Waals surface area contributed by atoms with Crippen molar-refractivity contribution in [2.45, 2.75) is 25.8 Å². The molecule has 1 saturated heterocycles. The Labute approximate surface area is 192 Å². The number of aryl methyl sites for hydroxylation is 1. The average molecular weight is 451 g/mol. The zero-order chi connectivity index (χ0) is 23.4. The first-order valence-electron chi connectivity index (χ1n) is 10.8. The van der Waals surface area contributed by atoms with E-state index >= 15 is 0 Å². The summed E-state index contributed by atoms with van der Waals surface area (Å²) in [6.07, 6.45) is 7.18. The predicted molar refractivity (Wildman–Crippen MR) is 124 cm³/mol. The van der Waals surface area contributed by atoms with E-state index in [9.17, 15) is 14.7 Å². The molecule has 2 heterocycles. The molecule has 0 saturated carbocycles. The molecule has 1 aliphatic rings. The van der Waals surface area contributed by atoms with E-state index in [1.165, 1.54) is 12.1 Å². The van der Waals surface area contributed by atoms with Gasteiger partial charge >= 0.3 is 0 Å². The van der Waals surface area contributed by atoms with Crippen molar-refractivity contribution in [1.82, 2.24) is 14.5 Å². The third-order valence-corrected chi connectivity index (χ3v) is 5.84. The normalized spacial score (nSPS) is 17.5. The second kappa shape index (κ2) is 9.87. The summed E-state index contributed by atoms with van der Waals surface area (Å²) in [7, 11) is 1.62. The van der Waals surface area contributed by atoms with Crippen LogP contribution in [0.4, 0.5) is 4.39 Å². The van der Waals surface area contributed by atoms with Crippen LogP contribution >= 0.6 is 0 Å². The number of aromatic nitrogens is 2. The lowest BCUT2D eigenvalue weighted by Gasteiger charge is -2.37. The van der Waals surface area contributed by atoms with Crippen molar-refractivity contribution in [3.8, 4) is 11.4 Å². The Morgan fingerprint density at radius 2 is 2.03 bits per heavy atom. The van der Waals surface area contributed by atoms with Crippen LogP contribution in [0.2, 0.25) is 0 Å². The molecule has 1 fully saturated rings. The van der Waals surface area contributed by atoms with E-state index in [0.717, 1.165) is 40.9 Å². The van der Waals surface area contributed by atoms with Crippen LogP contribution in [0.25, 0.3) is 11.8 Å². The standard InChI is InChI=1S/C25H27FN4O3/c1-17-14-29(16-27-17)22-10-5-18(13-24(22)33-2)12-20-4-3-11-30(25(20)28-32)23(15-31)19-6-8-21(26)9-7-19/h5-10,12-14,16,23,31-32H,3-4,11,15H2,1-2H3/b20-12+,28-25-. The van der Waals surface area contributed by atoms with Gasteiger partial charge in [-0.05, 0) is 66.8 Å². The number of rotatable bonds is 6. The number of benzene rings is 2. The quantitative estimate of drug-likeness (QED) is 0.432. The molecule has 0 radical (unpaired) electrons. The van der Waals surface area contributed by atoms with Crippen molar-refractivity contribution in [3.63, 3.8) is 0 Å². The van der Waals surface area contributed by atoms with Gasteiger partial charge in [0.15, 0.2) is 5.84 Å². The Morgan fingerprint density at radius 3 is 2.67 bits per heavy atom. The van der Waals surface area contributed by atoms with Crippen LogP contribution in [0.1, 0.15) is 35.7 Å². The van der Waals surface area contributed by atoms with Crippen molar-refractivity contribution < 1.29 is 19.4 Å². The maximum Gasteiger partial charge on any atom is 0.171 e. The first kappa shape index (κ1) is 22.5. The van der Waals surface area contributed by atoms with Crippen LogP contribution in [0.5, 0.6) is 5.75 Å². The maximum atomic E-state index is 13.4. The molecular formula is C25H27FN4O3. The number of imidazole rings is 1. The van der Waals surface area contributed by atoms with E-state index in [4.69, 9.17) is 4.74 Å². The number of amidine groups is 1. The SMILES string of the molecule is COc1cc(/C=C2\CCCN(C(CO)c3ccc(F)cc3)\C2=N/O)ccc1-n1cnc(C)c1. The first-order valence-corrected chi connectivity index (χ1v) is 10.8. The summed E-state index contributed by atoms with van der Waals surface area (Å²) in [6, 6.07) is 11.4. The number of nitrogens with zero attached hydrogens (tertiary/aromatic N) is 4. The van der Waals surface area contributed by atoms with E-state index in [0.29, 0.717) is 18.1 Å². The molecule has 172 valence electrons. The van der Waals surface area contributed by atoms with Gasteiger partial charge in [-0.2, -0.15) is 0 Å². The molecule has 0 aliphatic carbocycles. The summed E-state index contributed by atoms with van der Waals surface area (Å²) in [5.74, 6) is 0.753. The number of likely N-dealkylation sites (tertiary alicyclic amines) is 1. The zero-order valence-corrected chi connectivity index (χ0v) is 18.6. The Balaban J connectivity index is 1.65. The van der Waals surface area contributed by atoms with E-state index in [-0.39, 0.29) is 12.4 Å². The van der Waals surface area contributed by atoms with Gasteiger partial charge < -0.3 is 24.5 Å². The molecule has 7 nitrogen and oxygen atoms in total. The van der Waals surface area contributed by atoms with Crippen molar-refractivity contribution >= 4 is 11.9 Å². The van der Waals surface area contributed by atoms with Crippen LogP contribution in [-0.2, 0) is 0 Å². The number of methoxy groups -OCH3 is 1. The molecule has 33 heavy (non-hydrogen) atoms. The van der Waals surface area contributed by atoms with Gasteiger partial charge in [-0.3, -0.25) is 0 Å². The lowest BCUT2D eigenvalue weighted by atomic mass is 9.96. The molecule has 4 rings (SSSR count). The number of aliphatic hydroxyl groups is 1. The molecule has 0 spiro atoms. The molecule has 1 aromatic heterocycles. The summed E-state index contributed by atoms with van der Waals surface area (Å²) < 4.78 is 20.9. The smallest absolute Gasteiger partial charge is 0.171 e. The Bertz CT molecular complexity index is 1170. The molecule has 1 aliphatic heterocycles. The molecule has 1 unspecified atom stereocenters. The van der Waals surface area contributed by atoms with Crippen LogP contribution in [0.3, 0.4) is 0 Å². The molecule has 1 atom stereocenters. The van der Waals surface area contributed by atoms with Gasteiger partial charge in [0.25, 0.3) is 0 Å². The van der Waals surface area contributed by atoms with Crippen molar-refractivity contribution in [2.75, 3.05) is 20.3 Å². The highest BCUT2D eigenvalue weighted by molar-refractivity contribution is 6.02. The average Bonchev–Trinajstić information content (AvgIpc) is 3.27. The van der Waals surface area contributed by atoms with Gasteiger partial charge in [0, 0.05) is 12.7 Å². The molecule has 0 bridgehead atoms. The number of hydrogen-bond acceptors (Lipinski definition) is 5. The van der Waals surface area contributed by atoms with Gasteiger partial charge in [-0.1, -0.05) is 23.4 Å². The minimum absolute atomic E-state index is 0.190. The van der Waals surface area contributed by atoms with Crippen LogP contribution in [0, 0.1) is 12.7 Å². The highest BCUT2D eigenvalue weighted by Gasteiger charge is 2.29. The molecule has 3 aromatic rings. The van der Waals surface area contributed by atoms with Crippen LogP contribution < -0.4 is 4.74 Å². The third kappa shape index (κ3) is 4.75. The molecule has 2 N–H and O–H groups in total. The van der Waals surface area contributed by atoms with E-state index in [2.05, 4.69) is 10.1 Å². The van der Waals surface area contributed by atoms with Crippen molar-refractivity contribution in [1.29, 1.82) is 0 Å². The Morgan fingerprint density at radius 1 is 1.24 bits per heavy atom. The summed E-state index contributed by atoms with van der Waals surface area (Å²) >= 11 is 0. The van der Waals surface area contributed by atoms with Gasteiger partial charge in [0.1, 0.15) is 11.6 Å². The van der Waals surface area contributed by atoms with Crippen molar-refractivity contribution in [3.05, 3.63) is 83.2 Å². The zero-order valence-electron chi connectivity index (χ0n) is 18.6. The monoisotopic (exact) mass is 450 g/mol. The number of hydrogen-bond donors (Lipinski definition) is 2. The number of piperidine rings is 1. The minimum atomic E-state index is -0.443. The van der Waals surface area contributed by atoms with Crippen LogP contribution in [0.15, 0.2) is 65.7 Å². The Hall–Kier alpha value is -3.65. The van der Waals surface area contributed by atoms with Crippen LogP contribution in [-0.4, -0.2) is 50.9 Å². The number of aliphatic hydroxyl groups excluding tert-OH is 1. The topological polar surface area (TPSA) is 83.1 Å². The fourth-order valence-corrected chi connectivity index (χ4v) is 4.22. The summed E-state index contributed by atoms with van der Waals surface area (Å²) in [4.78, 5) is 6.14. The van der Waals surface area contributed by atoms with Gasteiger partial charge in [0.05, 0.1) is 37.5 Å². The number of ether oxygens (including phenoxy) is 1. The van der Waals surface area contributed by atoms with Crippen molar-refractivity contribution in [2.24, 2.45) is 5.16 Å². The first-order chi connectivity index (χ1) is 16.0. The Kier molecular flexibility index (Phi) is 6.74. The third-order valence-electron chi connectivity index (χ3n) is 5.84. The molecular weight excluding hydrogens is 423 g/mol. The fraction of sp³-hybridized carbons (Fsp3) is 0.280. The fourth-order valence-electron chi connectivity index (χ4n) is 4.22. The second-order valence-electron chi connectivity index (χ2n) is 7.99. The van der Waals surface area contributed by atoms with E-state index in [1.54, 1.807) is 25.6 Å². The highest BCUT2D eigenvalue weighted by atomic mass is 19.1. The maximum absolute atomic E-state index is 13.4. The summed E-state index contributed by atoms with van der Waals surface area (Å²) in [5.41, 5.74) is 4.28. The lowest BCUT2D eigenvalue weighted by molar-refractivity contribution is 0.170. The predicted octanol–water partition coefficient (Wildman–Crippen LogP) is 4.33. The van der Waals surface area contributed by atoms with E-state index in [1.807, 2.05) is 46.9 Å². The molecule has 8 heteroatoms. The second-order valence-corrected chi connectivity index (χ2v) is 7.99. The van der Waals surface area contributed by atoms with E-state index < -0.39 is 6.04 Å². The lowest BCUT2D eigenvalue weighted by Crippen LogP contribution is -2.41. The highest BCUT2D eigenvalue weighted by Crippen LogP contribution is 2.31. The minimum Gasteiger partial charge on any atom is -0.495 e. The van der Waals surface area contributed by atoms with Gasteiger partial charge in [0.2, 0.25) is 0 Å². The molecule has 2 aromatic carbocycles. The largest absolute Gasteiger partial charge is 0.495 e. The summed E-state index contributed by atoms with van der Waals surface area (Å²) in [6.45, 7) is 2.35. The summed E-state index contributed by atoms with van der Waals surface area (Å²) in [5, 5.41) is 23.5. The number of oxime groups is 1. The number of halogens is 1. The van der Waals surface area contributed by atoms with Gasteiger partial charge in [-0.25, -0.2) is 9.37 Å². The molecule has 0 amide bonds. The van der Waals surface area contributed by atoms with Gasteiger partial charge in [-0.15, -0.1) is 0 Å².